The minimum Gasteiger partial charge on any atom is -0.445 e. The monoisotopic (exact) mass is 221 g/mol. The average Bonchev–Trinajstić information content (AvgIpc) is 2.28. The molecule has 1 aromatic carbocycles. The van der Waals surface area contributed by atoms with Crippen molar-refractivity contribution in [1.82, 2.24) is 4.90 Å². The number of hydrogen-bond donors (Lipinski definition) is 0. The molecule has 0 radical (unpaired) electrons. The molecule has 0 aliphatic heterocycles. The highest BCUT2D eigenvalue weighted by molar-refractivity contribution is 5.67. The first-order chi connectivity index (χ1) is 7.65. The van der Waals surface area contributed by atoms with Gasteiger partial charge in [-0.25, -0.2) is 4.79 Å². The fraction of sp³-hybridized carbons (Fsp3) is 0.462. The average molecular weight is 221 g/mol. The first kappa shape index (κ1) is 12.6. The molecule has 16 heavy (non-hydrogen) atoms. The second-order valence-electron chi connectivity index (χ2n) is 3.92. The van der Waals surface area contributed by atoms with E-state index in [0.717, 1.165) is 5.56 Å². The molecule has 0 spiro atoms. The van der Waals surface area contributed by atoms with Crippen molar-refractivity contribution in [1.29, 1.82) is 0 Å². The Morgan fingerprint density at radius 2 is 1.94 bits per heavy atom. The van der Waals surface area contributed by atoms with Gasteiger partial charge in [0, 0.05) is 12.6 Å². The fourth-order valence-electron chi connectivity index (χ4n) is 1.51. The van der Waals surface area contributed by atoms with E-state index in [-0.39, 0.29) is 12.1 Å². The Bertz CT molecular complexity index is 322. The topological polar surface area (TPSA) is 29.5 Å². The van der Waals surface area contributed by atoms with E-state index in [1.807, 2.05) is 51.1 Å². The van der Waals surface area contributed by atoms with E-state index in [0.29, 0.717) is 13.2 Å². The van der Waals surface area contributed by atoms with Gasteiger partial charge in [0.15, 0.2) is 0 Å². The molecule has 0 heterocycles. The van der Waals surface area contributed by atoms with Gasteiger partial charge in [-0.3, -0.25) is 0 Å². The van der Waals surface area contributed by atoms with Crippen LogP contribution in [0.4, 0.5) is 4.79 Å². The number of carbonyl (C=O) groups excluding carboxylic acids is 1. The molecule has 0 aliphatic carbocycles. The Morgan fingerprint density at radius 3 is 2.44 bits per heavy atom. The zero-order chi connectivity index (χ0) is 12.0. The Morgan fingerprint density at radius 1 is 1.31 bits per heavy atom. The van der Waals surface area contributed by atoms with Crippen LogP contribution in [-0.4, -0.2) is 23.6 Å². The Balaban J connectivity index is 2.46. The molecule has 0 saturated carbocycles. The smallest absolute Gasteiger partial charge is 0.410 e. The summed E-state index contributed by atoms with van der Waals surface area (Å²) in [6, 6.07) is 9.87. The van der Waals surface area contributed by atoms with E-state index < -0.39 is 0 Å². The van der Waals surface area contributed by atoms with Crippen molar-refractivity contribution in [3.63, 3.8) is 0 Å². The van der Waals surface area contributed by atoms with Crippen LogP contribution < -0.4 is 0 Å². The number of nitrogens with zero attached hydrogens (tertiary/aromatic N) is 1. The van der Waals surface area contributed by atoms with Gasteiger partial charge in [0.05, 0.1) is 0 Å². The summed E-state index contributed by atoms with van der Waals surface area (Å²) in [5.41, 5.74) is 1.01. The Labute approximate surface area is 97.0 Å². The van der Waals surface area contributed by atoms with E-state index in [4.69, 9.17) is 4.74 Å². The van der Waals surface area contributed by atoms with Gasteiger partial charge in [-0.1, -0.05) is 30.3 Å². The highest BCUT2D eigenvalue weighted by Crippen LogP contribution is 2.05. The van der Waals surface area contributed by atoms with Gasteiger partial charge in [-0.05, 0) is 26.3 Å². The third-order valence-corrected chi connectivity index (χ3v) is 2.40. The molecular weight excluding hydrogens is 202 g/mol. The lowest BCUT2D eigenvalue weighted by Crippen LogP contribution is -2.37. The van der Waals surface area contributed by atoms with Crippen LogP contribution in [-0.2, 0) is 11.3 Å². The summed E-state index contributed by atoms with van der Waals surface area (Å²) in [7, 11) is 0. The molecule has 0 aliphatic rings. The standard InChI is InChI=1S/C13H19NO2/c1-4-14(11(2)3)13(15)16-10-12-8-6-5-7-9-12/h5-9,11H,4,10H2,1-3H3. The highest BCUT2D eigenvalue weighted by atomic mass is 16.6. The van der Waals surface area contributed by atoms with Gasteiger partial charge in [0.1, 0.15) is 6.61 Å². The summed E-state index contributed by atoms with van der Waals surface area (Å²) >= 11 is 0. The molecule has 0 aromatic heterocycles. The molecule has 88 valence electrons. The number of carbonyl (C=O) groups is 1. The molecule has 1 aromatic rings. The molecule has 3 heteroatoms. The number of hydrogen-bond acceptors (Lipinski definition) is 2. The van der Waals surface area contributed by atoms with Crippen LogP contribution >= 0.6 is 0 Å². The molecule has 3 nitrogen and oxygen atoms in total. The maximum absolute atomic E-state index is 11.7. The quantitative estimate of drug-likeness (QED) is 0.782. The Kier molecular flexibility index (Phi) is 4.83. The zero-order valence-electron chi connectivity index (χ0n) is 10.1. The zero-order valence-corrected chi connectivity index (χ0v) is 10.1. The molecule has 0 bridgehead atoms. The third-order valence-electron chi connectivity index (χ3n) is 2.40. The summed E-state index contributed by atoms with van der Waals surface area (Å²) in [6.07, 6.45) is -0.249. The largest absolute Gasteiger partial charge is 0.445 e. The van der Waals surface area contributed by atoms with Crippen molar-refractivity contribution in [3.8, 4) is 0 Å². The van der Waals surface area contributed by atoms with Gasteiger partial charge in [0.25, 0.3) is 0 Å². The second-order valence-corrected chi connectivity index (χ2v) is 3.92. The van der Waals surface area contributed by atoms with Crippen LogP contribution in [0.1, 0.15) is 26.3 Å². The molecule has 0 saturated heterocycles. The number of amides is 1. The molecular formula is C13H19NO2. The molecule has 1 amide bonds. The predicted molar refractivity (Wildman–Crippen MR) is 64.1 cm³/mol. The fourth-order valence-corrected chi connectivity index (χ4v) is 1.51. The lowest BCUT2D eigenvalue weighted by molar-refractivity contribution is 0.0881. The van der Waals surface area contributed by atoms with Crippen LogP contribution in [0.15, 0.2) is 30.3 Å². The number of rotatable bonds is 4. The Hall–Kier alpha value is -1.51. The van der Waals surface area contributed by atoms with Crippen molar-refractivity contribution in [3.05, 3.63) is 35.9 Å². The summed E-state index contributed by atoms with van der Waals surface area (Å²) in [5.74, 6) is 0. The van der Waals surface area contributed by atoms with Crippen LogP contribution in [0.2, 0.25) is 0 Å². The van der Waals surface area contributed by atoms with Gasteiger partial charge < -0.3 is 9.64 Å². The first-order valence-electron chi connectivity index (χ1n) is 5.62. The van der Waals surface area contributed by atoms with Crippen molar-refractivity contribution >= 4 is 6.09 Å². The predicted octanol–water partition coefficient (Wildman–Crippen LogP) is 3.05. The molecule has 0 N–H and O–H groups in total. The molecule has 1 rings (SSSR count). The van der Waals surface area contributed by atoms with E-state index in [2.05, 4.69) is 0 Å². The highest BCUT2D eigenvalue weighted by Gasteiger charge is 2.15. The van der Waals surface area contributed by atoms with Crippen LogP contribution in [0.5, 0.6) is 0 Å². The summed E-state index contributed by atoms with van der Waals surface area (Å²) in [5, 5.41) is 0. The number of ether oxygens (including phenoxy) is 1. The van der Waals surface area contributed by atoms with Crippen molar-refractivity contribution in [2.45, 2.75) is 33.4 Å². The summed E-state index contributed by atoms with van der Waals surface area (Å²) in [6.45, 7) is 6.92. The van der Waals surface area contributed by atoms with Crippen molar-refractivity contribution in [2.24, 2.45) is 0 Å². The second kappa shape index (κ2) is 6.16. The minimum atomic E-state index is -0.249. The van der Waals surface area contributed by atoms with E-state index in [1.165, 1.54) is 0 Å². The first-order valence-corrected chi connectivity index (χ1v) is 5.62. The van der Waals surface area contributed by atoms with Gasteiger partial charge >= 0.3 is 6.09 Å². The van der Waals surface area contributed by atoms with Crippen LogP contribution in [0.25, 0.3) is 0 Å². The van der Waals surface area contributed by atoms with Crippen LogP contribution in [0.3, 0.4) is 0 Å². The molecule has 0 fully saturated rings. The lowest BCUT2D eigenvalue weighted by Gasteiger charge is -2.24. The molecule has 0 atom stereocenters. The van der Waals surface area contributed by atoms with Gasteiger partial charge in [0.2, 0.25) is 0 Å². The SMILES string of the molecule is CCN(C(=O)OCc1ccccc1)C(C)C. The normalized spacial score (nSPS) is 10.2. The van der Waals surface area contributed by atoms with Gasteiger partial charge in [-0.2, -0.15) is 0 Å². The van der Waals surface area contributed by atoms with E-state index in [1.54, 1.807) is 4.90 Å². The number of benzene rings is 1. The molecule has 0 unspecified atom stereocenters. The van der Waals surface area contributed by atoms with Crippen molar-refractivity contribution in [2.75, 3.05) is 6.54 Å². The third kappa shape index (κ3) is 3.57. The van der Waals surface area contributed by atoms with E-state index in [9.17, 15) is 4.79 Å². The maximum atomic E-state index is 11.7. The summed E-state index contributed by atoms with van der Waals surface area (Å²) in [4.78, 5) is 13.4. The van der Waals surface area contributed by atoms with E-state index >= 15 is 0 Å². The van der Waals surface area contributed by atoms with Crippen LogP contribution in [0, 0.1) is 0 Å². The maximum Gasteiger partial charge on any atom is 0.410 e. The minimum absolute atomic E-state index is 0.174. The van der Waals surface area contributed by atoms with Crippen molar-refractivity contribution < 1.29 is 9.53 Å². The van der Waals surface area contributed by atoms with Gasteiger partial charge in [-0.15, -0.1) is 0 Å². The lowest BCUT2D eigenvalue weighted by atomic mass is 10.2. The summed E-state index contributed by atoms with van der Waals surface area (Å²) < 4.78 is 5.23.